The zero-order valence-electron chi connectivity index (χ0n) is 23.7. The molecule has 0 bridgehead atoms. The van der Waals surface area contributed by atoms with Gasteiger partial charge in [0.25, 0.3) is 0 Å². The first-order valence-corrected chi connectivity index (χ1v) is 15.3. The molecule has 0 spiro atoms. The smallest absolute Gasteiger partial charge is 0.243 e. The van der Waals surface area contributed by atoms with Crippen LogP contribution in [0.3, 0.4) is 0 Å². The molecule has 0 fully saturated rings. The van der Waals surface area contributed by atoms with Crippen LogP contribution in [0.5, 0.6) is 5.75 Å². The van der Waals surface area contributed by atoms with E-state index in [4.69, 9.17) is 4.74 Å². The number of ether oxygens (including phenoxy) is 1. The quantitative estimate of drug-likeness (QED) is 0.314. The van der Waals surface area contributed by atoms with Gasteiger partial charge in [0.1, 0.15) is 11.8 Å². The lowest BCUT2D eigenvalue weighted by atomic mass is 10.0. The Bertz CT molecular complexity index is 1360. The van der Waals surface area contributed by atoms with Crippen LogP contribution in [0, 0.1) is 6.92 Å². The average Bonchev–Trinajstić information content (AvgIpc) is 2.93. The molecule has 2 amide bonds. The predicted molar refractivity (Wildman–Crippen MR) is 159 cm³/mol. The second-order valence-electron chi connectivity index (χ2n) is 9.75. The molecule has 1 unspecified atom stereocenters. The van der Waals surface area contributed by atoms with Crippen LogP contribution in [0.25, 0.3) is 0 Å². The van der Waals surface area contributed by atoms with Gasteiger partial charge in [0, 0.05) is 32.5 Å². The highest BCUT2D eigenvalue weighted by Gasteiger charge is 2.30. The summed E-state index contributed by atoms with van der Waals surface area (Å²) in [7, 11) is -1.97. The van der Waals surface area contributed by atoms with Crippen LogP contribution in [0.15, 0.2) is 78.9 Å². The van der Waals surface area contributed by atoms with Crippen molar-refractivity contribution in [3.63, 3.8) is 0 Å². The van der Waals surface area contributed by atoms with Gasteiger partial charge in [-0.05, 0) is 55.7 Å². The summed E-state index contributed by atoms with van der Waals surface area (Å²) >= 11 is 0. The summed E-state index contributed by atoms with van der Waals surface area (Å²) in [5.41, 5.74) is 3.34. The number of benzene rings is 3. The van der Waals surface area contributed by atoms with Gasteiger partial charge in [0.05, 0.1) is 19.1 Å². The Morgan fingerprint density at radius 3 is 2.25 bits per heavy atom. The molecule has 0 aliphatic rings. The van der Waals surface area contributed by atoms with Crippen molar-refractivity contribution in [3.05, 3.63) is 95.6 Å². The highest BCUT2D eigenvalue weighted by molar-refractivity contribution is 7.92. The van der Waals surface area contributed by atoms with Gasteiger partial charge in [-0.25, -0.2) is 8.42 Å². The Balaban J connectivity index is 1.87. The van der Waals surface area contributed by atoms with E-state index in [1.807, 2.05) is 80.6 Å². The number of carbonyl (C=O) groups excluding carboxylic acids is 2. The molecule has 3 aromatic rings. The molecule has 3 aromatic carbocycles. The third kappa shape index (κ3) is 8.84. The third-order valence-electron chi connectivity index (χ3n) is 6.58. The fraction of sp³-hybridized carbons (Fsp3) is 0.355. The maximum Gasteiger partial charge on any atom is 0.243 e. The molecule has 8 nitrogen and oxygen atoms in total. The minimum absolute atomic E-state index is 0.0759. The molecular weight excluding hydrogens is 526 g/mol. The lowest BCUT2D eigenvalue weighted by molar-refractivity contribution is -0.141. The van der Waals surface area contributed by atoms with Crippen molar-refractivity contribution in [2.24, 2.45) is 0 Å². The highest BCUT2D eigenvalue weighted by Crippen LogP contribution is 2.22. The Hall–Kier alpha value is -3.85. The van der Waals surface area contributed by atoms with Crippen molar-refractivity contribution >= 4 is 27.5 Å². The molecule has 0 saturated heterocycles. The Labute approximate surface area is 238 Å². The Kier molecular flexibility index (Phi) is 11.1. The van der Waals surface area contributed by atoms with Gasteiger partial charge in [0.2, 0.25) is 21.8 Å². The van der Waals surface area contributed by atoms with E-state index in [9.17, 15) is 18.0 Å². The van der Waals surface area contributed by atoms with E-state index >= 15 is 0 Å². The summed E-state index contributed by atoms with van der Waals surface area (Å²) in [6.07, 6.45) is 1.88. The maximum absolute atomic E-state index is 13.8. The Morgan fingerprint density at radius 2 is 1.62 bits per heavy atom. The van der Waals surface area contributed by atoms with E-state index in [0.717, 1.165) is 22.9 Å². The number of amides is 2. The number of nitrogens with one attached hydrogen (secondary N) is 1. The fourth-order valence-corrected chi connectivity index (χ4v) is 5.49. The van der Waals surface area contributed by atoms with Crippen molar-refractivity contribution in [1.82, 2.24) is 10.2 Å². The van der Waals surface area contributed by atoms with Gasteiger partial charge in [-0.2, -0.15) is 0 Å². The molecule has 0 aromatic heterocycles. The zero-order chi connectivity index (χ0) is 29.1. The summed E-state index contributed by atoms with van der Waals surface area (Å²) < 4.78 is 31.8. The SMILES string of the molecule is CCNC(=O)C(Cc1ccccc1)N(Cc1cccc(OC)c1)C(=O)CCCN(c1ccc(C)cc1)S(C)(=O)=O. The van der Waals surface area contributed by atoms with Gasteiger partial charge < -0.3 is 15.0 Å². The number of anilines is 1. The van der Waals surface area contributed by atoms with Crippen LogP contribution in [0.2, 0.25) is 0 Å². The van der Waals surface area contributed by atoms with Crippen molar-refractivity contribution in [3.8, 4) is 5.75 Å². The van der Waals surface area contributed by atoms with E-state index in [1.165, 1.54) is 4.31 Å². The van der Waals surface area contributed by atoms with Crippen molar-refractivity contribution in [2.45, 2.75) is 45.7 Å². The minimum atomic E-state index is -3.55. The fourth-order valence-electron chi connectivity index (χ4n) is 4.53. The standard InChI is InChI=1S/C31H39N3O5S/c1-5-32-31(36)29(22-25-11-7-6-8-12-25)33(23-26-13-9-14-28(21-26)39-3)30(35)15-10-20-34(40(4,37)38)27-18-16-24(2)17-19-27/h6-9,11-14,16-19,21,29H,5,10,15,20,22-23H2,1-4H3,(H,32,36). The number of aryl methyl sites for hydroxylation is 1. The molecular formula is C31H39N3O5S. The number of rotatable bonds is 14. The number of methoxy groups -OCH3 is 1. The Morgan fingerprint density at radius 1 is 0.950 bits per heavy atom. The first kappa shape index (κ1) is 30.7. The van der Waals surface area contributed by atoms with Gasteiger partial charge in [0.15, 0.2) is 0 Å². The first-order chi connectivity index (χ1) is 19.1. The molecule has 3 rings (SSSR count). The molecule has 9 heteroatoms. The summed E-state index contributed by atoms with van der Waals surface area (Å²) in [4.78, 5) is 28.7. The molecule has 40 heavy (non-hydrogen) atoms. The van der Waals surface area contributed by atoms with E-state index in [-0.39, 0.29) is 31.3 Å². The number of sulfonamides is 1. The van der Waals surface area contributed by atoms with Crippen molar-refractivity contribution in [1.29, 1.82) is 0 Å². The molecule has 1 N–H and O–H groups in total. The summed E-state index contributed by atoms with van der Waals surface area (Å²) in [5.74, 6) is 0.191. The molecule has 0 aliphatic heterocycles. The van der Waals surface area contributed by atoms with E-state index in [0.29, 0.717) is 30.8 Å². The predicted octanol–water partition coefficient (Wildman–Crippen LogP) is 4.33. The molecule has 0 heterocycles. The van der Waals surface area contributed by atoms with Crippen molar-refractivity contribution in [2.75, 3.05) is 30.8 Å². The normalized spacial score (nSPS) is 11.9. The van der Waals surface area contributed by atoms with E-state index in [2.05, 4.69) is 5.32 Å². The van der Waals surface area contributed by atoms with E-state index in [1.54, 1.807) is 24.1 Å². The van der Waals surface area contributed by atoms with Crippen LogP contribution in [-0.4, -0.2) is 57.6 Å². The van der Waals surface area contributed by atoms with Crippen LogP contribution in [0.1, 0.15) is 36.5 Å². The minimum Gasteiger partial charge on any atom is -0.497 e. The topological polar surface area (TPSA) is 96.0 Å². The molecule has 0 radical (unpaired) electrons. The van der Waals surface area contributed by atoms with Gasteiger partial charge in [-0.1, -0.05) is 60.2 Å². The first-order valence-electron chi connectivity index (χ1n) is 13.4. The van der Waals surface area contributed by atoms with Crippen LogP contribution in [-0.2, 0) is 32.6 Å². The number of carbonyl (C=O) groups is 2. The largest absolute Gasteiger partial charge is 0.497 e. The van der Waals surface area contributed by atoms with Crippen LogP contribution >= 0.6 is 0 Å². The monoisotopic (exact) mass is 565 g/mol. The summed E-state index contributed by atoms with van der Waals surface area (Å²) in [6.45, 7) is 4.57. The molecule has 0 aliphatic carbocycles. The number of nitrogens with zero attached hydrogens (tertiary/aromatic N) is 2. The number of likely N-dealkylation sites (N-methyl/N-ethyl adjacent to an activating group) is 1. The van der Waals surface area contributed by atoms with Gasteiger partial charge in [-0.15, -0.1) is 0 Å². The third-order valence-corrected chi connectivity index (χ3v) is 7.78. The van der Waals surface area contributed by atoms with Gasteiger partial charge in [-0.3, -0.25) is 13.9 Å². The molecule has 214 valence electrons. The lowest BCUT2D eigenvalue weighted by Gasteiger charge is -2.32. The molecule has 1 atom stereocenters. The van der Waals surface area contributed by atoms with Crippen LogP contribution < -0.4 is 14.4 Å². The summed E-state index contributed by atoms with van der Waals surface area (Å²) in [6, 6.07) is 23.5. The second-order valence-corrected chi connectivity index (χ2v) is 11.7. The van der Waals surface area contributed by atoms with Crippen molar-refractivity contribution < 1.29 is 22.7 Å². The van der Waals surface area contributed by atoms with Gasteiger partial charge >= 0.3 is 0 Å². The van der Waals surface area contributed by atoms with E-state index < -0.39 is 16.1 Å². The molecule has 0 saturated carbocycles. The van der Waals surface area contributed by atoms with Crippen LogP contribution in [0.4, 0.5) is 5.69 Å². The zero-order valence-corrected chi connectivity index (χ0v) is 24.5. The highest BCUT2D eigenvalue weighted by atomic mass is 32.2. The second kappa shape index (κ2) is 14.5. The lowest BCUT2D eigenvalue weighted by Crippen LogP contribution is -2.50. The average molecular weight is 566 g/mol. The number of hydrogen-bond acceptors (Lipinski definition) is 5. The maximum atomic E-state index is 13.8. The number of hydrogen-bond donors (Lipinski definition) is 1. The summed E-state index contributed by atoms with van der Waals surface area (Å²) in [5, 5.41) is 2.88.